The summed E-state index contributed by atoms with van der Waals surface area (Å²) in [7, 11) is 3.61. The van der Waals surface area contributed by atoms with E-state index in [1.165, 1.54) is 0 Å². The van der Waals surface area contributed by atoms with Gasteiger partial charge in [0.15, 0.2) is 0 Å². The highest BCUT2D eigenvalue weighted by Gasteiger charge is 2.16. The van der Waals surface area contributed by atoms with Gasteiger partial charge < -0.3 is 15.0 Å². The maximum Gasteiger partial charge on any atom is 0.238 e. The smallest absolute Gasteiger partial charge is 0.238 e. The number of hydrogen-bond acceptors (Lipinski definition) is 4. The summed E-state index contributed by atoms with van der Waals surface area (Å²) >= 11 is 3.43. The van der Waals surface area contributed by atoms with Crippen molar-refractivity contribution in [3.8, 4) is 5.88 Å². The van der Waals surface area contributed by atoms with Crippen LogP contribution in [-0.4, -0.2) is 27.9 Å². The molecule has 1 aliphatic rings. The molecule has 0 bridgehead atoms. The standard InChI is InChI=1S/C14H13BrN4O/c1-16-14-18-13(20)12(19(14)2)5-8-7-17-11-6-9(15)3-4-10(8)11/h3-7,20H,1-2H3,(H,16,18). The van der Waals surface area contributed by atoms with Gasteiger partial charge in [-0.05, 0) is 18.2 Å². The molecular weight excluding hydrogens is 320 g/mol. The average Bonchev–Trinajstić information content (AvgIpc) is 2.94. The average molecular weight is 333 g/mol. The number of halogens is 1. The lowest BCUT2D eigenvalue weighted by Crippen LogP contribution is -1.99. The van der Waals surface area contributed by atoms with Crippen molar-refractivity contribution in [2.24, 2.45) is 12.0 Å². The van der Waals surface area contributed by atoms with Crippen LogP contribution in [0.5, 0.6) is 5.88 Å². The number of allylic oxidation sites excluding steroid dienone is 1. The van der Waals surface area contributed by atoms with Crippen LogP contribution in [-0.2, 0) is 7.05 Å². The number of imidazole rings is 1. The molecule has 0 saturated carbocycles. The van der Waals surface area contributed by atoms with Crippen molar-refractivity contribution in [3.63, 3.8) is 0 Å². The Morgan fingerprint density at radius 3 is 2.90 bits per heavy atom. The number of rotatable bonds is 2. The van der Waals surface area contributed by atoms with Gasteiger partial charge in [0.1, 0.15) is 5.69 Å². The number of anilines is 1. The van der Waals surface area contributed by atoms with Crippen molar-refractivity contribution in [2.45, 2.75) is 0 Å². The molecule has 0 saturated heterocycles. The molecule has 2 aromatic rings. The summed E-state index contributed by atoms with van der Waals surface area (Å²) in [6, 6.07) is 5.95. The first-order valence-electron chi connectivity index (χ1n) is 6.09. The minimum absolute atomic E-state index is 0.00307. The van der Waals surface area contributed by atoms with Crippen LogP contribution in [0, 0.1) is 0 Å². The third-order valence-electron chi connectivity index (χ3n) is 3.25. The van der Waals surface area contributed by atoms with Crippen molar-refractivity contribution >= 4 is 45.4 Å². The number of aliphatic imine (C=N–C) groups is 1. The van der Waals surface area contributed by atoms with E-state index >= 15 is 0 Å². The second-order valence-electron chi connectivity index (χ2n) is 4.47. The van der Waals surface area contributed by atoms with E-state index in [1.807, 2.05) is 31.3 Å². The van der Waals surface area contributed by atoms with E-state index in [2.05, 4.69) is 31.2 Å². The first kappa shape index (κ1) is 12.9. The molecule has 0 unspecified atom stereocenters. The summed E-state index contributed by atoms with van der Waals surface area (Å²) in [6.45, 7) is 0. The second kappa shape index (κ2) is 4.79. The predicted octanol–water partition coefficient (Wildman–Crippen LogP) is 3.19. The SMILES string of the molecule is CNc1nc(O)c(C=C2C=Nc3cc(Br)ccc32)n1C. The highest BCUT2D eigenvalue weighted by atomic mass is 79.9. The highest BCUT2D eigenvalue weighted by Crippen LogP contribution is 2.35. The molecule has 1 aromatic heterocycles. The van der Waals surface area contributed by atoms with E-state index in [1.54, 1.807) is 17.8 Å². The summed E-state index contributed by atoms with van der Waals surface area (Å²) in [5.74, 6) is 0.614. The molecule has 0 spiro atoms. The molecule has 20 heavy (non-hydrogen) atoms. The first-order chi connectivity index (χ1) is 9.60. The fourth-order valence-electron chi connectivity index (χ4n) is 2.21. The van der Waals surface area contributed by atoms with E-state index in [0.717, 1.165) is 21.3 Å². The molecule has 0 fully saturated rings. The van der Waals surface area contributed by atoms with Gasteiger partial charge in [-0.2, -0.15) is 4.98 Å². The molecule has 0 atom stereocenters. The van der Waals surface area contributed by atoms with Crippen LogP contribution in [0.15, 0.2) is 27.7 Å². The minimum Gasteiger partial charge on any atom is -0.492 e. The third kappa shape index (κ3) is 2.02. The van der Waals surface area contributed by atoms with Crippen LogP contribution in [0.2, 0.25) is 0 Å². The lowest BCUT2D eigenvalue weighted by Gasteiger charge is -2.03. The minimum atomic E-state index is 0.00307. The van der Waals surface area contributed by atoms with Crippen LogP contribution in [0.25, 0.3) is 11.6 Å². The van der Waals surface area contributed by atoms with Crippen molar-refractivity contribution in [2.75, 3.05) is 12.4 Å². The molecule has 0 radical (unpaired) electrons. The highest BCUT2D eigenvalue weighted by molar-refractivity contribution is 9.10. The van der Waals surface area contributed by atoms with Crippen LogP contribution in [0.3, 0.4) is 0 Å². The quantitative estimate of drug-likeness (QED) is 0.887. The predicted molar refractivity (Wildman–Crippen MR) is 84.6 cm³/mol. The zero-order chi connectivity index (χ0) is 14.3. The summed E-state index contributed by atoms with van der Waals surface area (Å²) in [5, 5.41) is 12.9. The number of aromatic hydroxyl groups is 1. The molecule has 5 nitrogen and oxygen atoms in total. The zero-order valence-electron chi connectivity index (χ0n) is 11.1. The van der Waals surface area contributed by atoms with E-state index in [0.29, 0.717) is 11.6 Å². The summed E-state index contributed by atoms with van der Waals surface area (Å²) in [6.07, 6.45) is 3.68. The Morgan fingerprint density at radius 1 is 1.40 bits per heavy atom. The van der Waals surface area contributed by atoms with Crippen molar-refractivity contribution in [1.82, 2.24) is 9.55 Å². The lowest BCUT2D eigenvalue weighted by atomic mass is 10.1. The number of hydrogen-bond donors (Lipinski definition) is 2. The van der Waals surface area contributed by atoms with Gasteiger partial charge in [0.25, 0.3) is 0 Å². The lowest BCUT2D eigenvalue weighted by molar-refractivity contribution is 0.454. The normalized spacial score (nSPS) is 14.8. The van der Waals surface area contributed by atoms with Crippen LogP contribution >= 0.6 is 15.9 Å². The number of nitrogens with one attached hydrogen (secondary N) is 1. The molecule has 6 heteroatoms. The molecule has 0 amide bonds. The Labute approximate surface area is 124 Å². The maximum absolute atomic E-state index is 9.93. The number of fused-ring (bicyclic) bond motifs is 1. The molecular formula is C14H13BrN4O. The zero-order valence-corrected chi connectivity index (χ0v) is 12.6. The van der Waals surface area contributed by atoms with Crippen molar-refractivity contribution in [1.29, 1.82) is 0 Å². The summed E-state index contributed by atoms with van der Waals surface area (Å²) in [5.41, 5.74) is 3.56. The van der Waals surface area contributed by atoms with Gasteiger partial charge in [0.05, 0.1) is 5.69 Å². The van der Waals surface area contributed by atoms with Crippen LogP contribution in [0.1, 0.15) is 11.3 Å². The van der Waals surface area contributed by atoms with E-state index in [9.17, 15) is 5.11 Å². The molecule has 102 valence electrons. The molecule has 2 N–H and O–H groups in total. The molecule has 3 rings (SSSR count). The monoisotopic (exact) mass is 332 g/mol. The molecule has 0 aliphatic carbocycles. The van der Waals surface area contributed by atoms with Gasteiger partial charge in [-0.3, -0.25) is 4.99 Å². The van der Waals surface area contributed by atoms with E-state index < -0.39 is 0 Å². The summed E-state index contributed by atoms with van der Waals surface area (Å²) in [4.78, 5) is 8.43. The topological polar surface area (TPSA) is 62.4 Å². The van der Waals surface area contributed by atoms with Crippen LogP contribution in [0.4, 0.5) is 11.6 Å². The van der Waals surface area contributed by atoms with E-state index in [4.69, 9.17) is 0 Å². The Bertz CT molecular complexity index is 746. The Morgan fingerprint density at radius 2 is 2.20 bits per heavy atom. The van der Waals surface area contributed by atoms with Gasteiger partial charge in [0.2, 0.25) is 11.8 Å². The molecule has 2 heterocycles. The molecule has 1 aromatic carbocycles. The number of nitrogens with zero attached hydrogens (tertiary/aromatic N) is 3. The van der Waals surface area contributed by atoms with Crippen molar-refractivity contribution < 1.29 is 5.11 Å². The maximum atomic E-state index is 9.93. The van der Waals surface area contributed by atoms with E-state index in [-0.39, 0.29) is 5.88 Å². The van der Waals surface area contributed by atoms with Gasteiger partial charge in [-0.25, -0.2) is 0 Å². The Hall–Kier alpha value is -2.08. The van der Waals surface area contributed by atoms with Gasteiger partial charge in [0, 0.05) is 35.9 Å². The third-order valence-corrected chi connectivity index (χ3v) is 3.74. The fourth-order valence-corrected chi connectivity index (χ4v) is 2.56. The van der Waals surface area contributed by atoms with Crippen molar-refractivity contribution in [3.05, 3.63) is 33.9 Å². The Kier molecular flexibility index (Phi) is 3.10. The molecule has 1 aliphatic heterocycles. The number of benzene rings is 1. The van der Waals surface area contributed by atoms with Gasteiger partial charge in [-0.1, -0.05) is 22.0 Å². The largest absolute Gasteiger partial charge is 0.492 e. The summed E-state index contributed by atoms with van der Waals surface area (Å²) < 4.78 is 2.79. The Balaban J connectivity index is 2.08. The first-order valence-corrected chi connectivity index (χ1v) is 6.88. The van der Waals surface area contributed by atoms with Gasteiger partial charge >= 0.3 is 0 Å². The second-order valence-corrected chi connectivity index (χ2v) is 5.39. The van der Waals surface area contributed by atoms with Crippen LogP contribution < -0.4 is 5.32 Å². The number of aromatic nitrogens is 2. The fraction of sp³-hybridized carbons (Fsp3) is 0.143. The van der Waals surface area contributed by atoms with Gasteiger partial charge in [-0.15, -0.1) is 0 Å².